The molecule has 5 nitrogen and oxygen atoms in total. The van der Waals surface area contributed by atoms with Gasteiger partial charge in [0.15, 0.2) is 0 Å². The van der Waals surface area contributed by atoms with E-state index in [9.17, 15) is 9.59 Å². The number of amides is 3. The summed E-state index contributed by atoms with van der Waals surface area (Å²) >= 11 is 0. The summed E-state index contributed by atoms with van der Waals surface area (Å²) in [5, 5.41) is 8.30. The predicted octanol–water partition coefficient (Wildman–Crippen LogP) is 4.27. The van der Waals surface area contributed by atoms with E-state index < -0.39 is 0 Å². The minimum Gasteiger partial charge on any atom is -0.349 e. The fourth-order valence-electron chi connectivity index (χ4n) is 3.55. The van der Waals surface area contributed by atoms with Crippen LogP contribution in [0.3, 0.4) is 0 Å². The minimum absolute atomic E-state index is 0.0559. The average Bonchev–Trinajstić information content (AvgIpc) is 2.75. The SMILES string of the molecule is O=C(NC1CCN(C(=O)Nc2ccc3ccccc3c2)CC1)c1ccccc1. The van der Waals surface area contributed by atoms with E-state index in [-0.39, 0.29) is 18.0 Å². The molecule has 4 rings (SSSR count). The molecule has 0 spiro atoms. The second-order valence-electron chi connectivity index (χ2n) is 7.09. The third-order valence-electron chi connectivity index (χ3n) is 5.15. The maximum atomic E-state index is 12.6. The summed E-state index contributed by atoms with van der Waals surface area (Å²) in [5.41, 5.74) is 1.46. The van der Waals surface area contributed by atoms with Gasteiger partial charge in [0, 0.05) is 30.4 Å². The maximum Gasteiger partial charge on any atom is 0.321 e. The molecule has 0 unspecified atom stereocenters. The van der Waals surface area contributed by atoms with Crippen molar-refractivity contribution in [3.05, 3.63) is 78.4 Å². The van der Waals surface area contributed by atoms with Crippen molar-refractivity contribution in [1.29, 1.82) is 0 Å². The van der Waals surface area contributed by atoms with Gasteiger partial charge in [0.1, 0.15) is 0 Å². The van der Waals surface area contributed by atoms with Crippen LogP contribution in [0.5, 0.6) is 0 Å². The Hall–Kier alpha value is -3.34. The van der Waals surface area contributed by atoms with E-state index >= 15 is 0 Å². The van der Waals surface area contributed by atoms with Crippen LogP contribution in [0, 0.1) is 0 Å². The summed E-state index contributed by atoms with van der Waals surface area (Å²) < 4.78 is 0. The summed E-state index contributed by atoms with van der Waals surface area (Å²) in [4.78, 5) is 26.7. The van der Waals surface area contributed by atoms with E-state index in [0.717, 1.165) is 29.3 Å². The van der Waals surface area contributed by atoms with Gasteiger partial charge in [-0.3, -0.25) is 4.79 Å². The lowest BCUT2D eigenvalue weighted by Gasteiger charge is -2.32. The van der Waals surface area contributed by atoms with Gasteiger partial charge in [-0.15, -0.1) is 0 Å². The lowest BCUT2D eigenvalue weighted by molar-refractivity contribution is 0.0919. The Balaban J connectivity index is 1.30. The third-order valence-corrected chi connectivity index (χ3v) is 5.15. The van der Waals surface area contributed by atoms with E-state index in [2.05, 4.69) is 16.7 Å². The Morgan fingerprint density at radius 1 is 0.821 bits per heavy atom. The average molecular weight is 373 g/mol. The molecule has 0 saturated carbocycles. The number of likely N-dealkylation sites (tertiary alicyclic amines) is 1. The highest BCUT2D eigenvalue weighted by molar-refractivity contribution is 5.95. The monoisotopic (exact) mass is 373 g/mol. The van der Waals surface area contributed by atoms with Gasteiger partial charge < -0.3 is 15.5 Å². The van der Waals surface area contributed by atoms with E-state index in [1.54, 1.807) is 4.90 Å². The predicted molar refractivity (Wildman–Crippen MR) is 111 cm³/mol. The number of carbonyl (C=O) groups excluding carboxylic acids is 2. The molecular formula is C23H23N3O2. The topological polar surface area (TPSA) is 61.4 Å². The zero-order valence-corrected chi connectivity index (χ0v) is 15.6. The number of rotatable bonds is 3. The van der Waals surface area contributed by atoms with Gasteiger partial charge in [0.25, 0.3) is 5.91 Å². The van der Waals surface area contributed by atoms with Crippen LogP contribution in [-0.4, -0.2) is 36.0 Å². The first kappa shape index (κ1) is 18.0. The smallest absolute Gasteiger partial charge is 0.321 e. The van der Waals surface area contributed by atoms with Crippen LogP contribution in [0.25, 0.3) is 10.8 Å². The molecule has 3 aromatic rings. The quantitative estimate of drug-likeness (QED) is 0.720. The molecule has 0 aromatic heterocycles. The first-order valence-corrected chi connectivity index (χ1v) is 9.60. The molecule has 1 aliphatic rings. The summed E-state index contributed by atoms with van der Waals surface area (Å²) in [5.74, 6) is -0.0559. The minimum atomic E-state index is -0.0943. The molecule has 3 amide bonds. The number of hydrogen-bond donors (Lipinski definition) is 2. The molecule has 1 fully saturated rings. The summed E-state index contributed by atoms with van der Waals surface area (Å²) in [7, 11) is 0. The van der Waals surface area contributed by atoms with E-state index in [1.165, 1.54) is 0 Å². The Morgan fingerprint density at radius 3 is 2.25 bits per heavy atom. The first-order valence-electron chi connectivity index (χ1n) is 9.60. The number of piperidine rings is 1. The van der Waals surface area contributed by atoms with Gasteiger partial charge in [-0.2, -0.15) is 0 Å². The number of nitrogens with zero attached hydrogens (tertiary/aromatic N) is 1. The number of carbonyl (C=O) groups is 2. The number of benzene rings is 3. The number of hydrogen-bond acceptors (Lipinski definition) is 2. The molecule has 0 bridgehead atoms. The fraction of sp³-hybridized carbons (Fsp3) is 0.217. The standard InChI is InChI=1S/C23H23N3O2/c27-22(18-7-2-1-3-8-18)24-20-12-14-26(15-13-20)23(28)25-21-11-10-17-6-4-5-9-19(17)16-21/h1-11,16,20H,12-15H2,(H,24,27)(H,25,28). The molecule has 1 saturated heterocycles. The summed E-state index contributed by atoms with van der Waals surface area (Å²) in [6.45, 7) is 1.25. The van der Waals surface area contributed by atoms with Crippen molar-refractivity contribution in [3.63, 3.8) is 0 Å². The number of urea groups is 1. The van der Waals surface area contributed by atoms with Gasteiger partial charge >= 0.3 is 6.03 Å². The van der Waals surface area contributed by atoms with Crippen molar-refractivity contribution >= 4 is 28.4 Å². The molecule has 0 atom stereocenters. The van der Waals surface area contributed by atoms with Crippen LogP contribution >= 0.6 is 0 Å². The third kappa shape index (κ3) is 4.14. The largest absolute Gasteiger partial charge is 0.349 e. The molecule has 1 heterocycles. The van der Waals surface area contributed by atoms with E-state index in [1.807, 2.05) is 66.7 Å². The molecule has 0 aliphatic carbocycles. The Bertz CT molecular complexity index is 979. The van der Waals surface area contributed by atoms with Crippen LogP contribution < -0.4 is 10.6 Å². The molecule has 142 valence electrons. The second-order valence-corrected chi connectivity index (χ2v) is 7.09. The zero-order valence-electron chi connectivity index (χ0n) is 15.6. The summed E-state index contributed by atoms with van der Waals surface area (Å²) in [6, 6.07) is 23.2. The highest BCUT2D eigenvalue weighted by Crippen LogP contribution is 2.20. The number of fused-ring (bicyclic) bond motifs is 1. The second kappa shape index (κ2) is 8.13. The van der Waals surface area contributed by atoms with Crippen molar-refractivity contribution in [1.82, 2.24) is 10.2 Å². The van der Waals surface area contributed by atoms with Gasteiger partial charge in [0.05, 0.1) is 0 Å². The lowest BCUT2D eigenvalue weighted by Crippen LogP contribution is -2.47. The van der Waals surface area contributed by atoms with Crippen molar-refractivity contribution in [2.75, 3.05) is 18.4 Å². The Morgan fingerprint density at radius 2 is 1.50 bits per heavy atom. The van der Waals surface area contributed by atoms with Crippen LogP contribution in [0.2, 0.25) is 0 Å². The first-order chi connectivity index (χ1) is 13.7. The highest BCUT2D eigenvalue weighted by atomic mass is 16.2. The van der Waals surface area contributed by atoms with E-state index in [0.29, 0.717) is 18.7 Å². The van der Waals surface area contributed by atoms with Crippen LogP contribution in [0.15, 0.2) is 72.8 Å². The van der Waals surface area contributed by atoms with Crippen molar-refractivity contribution in [2.24, 2.45) is 0 Å². The number of anilines is 1. The van der Waals surface area contributed by atoms with Crippen molar-refractivity contribution in [3.8, 4) is 0 Å². The highest BCUT2D eigenvalue weighted by Gasteiger charge is 2.24. The molecule has 3 aromatic carbocycles. The molecule has 2 N–H and O–H groups in total. The van der Waals surface area contributed by atoms with Gasteiger partial charge in [-0.25, -0.2) is 4.79 Å². The molecular weight excluding hydrogens is 350 g/mol. The fourth-order valence-corrected chi connectivity index (χ4v) is 3.55. The van der Waals surface area contributed by atoms with Gasteiger partial charge in [0.2, 0.25) is 0 Å². The van der Waals surface area contributed by atoms with Crippen LogP contribution in [0.4, 0.5) is 10.5 Å². The van der Waals surface area contributed by atoms with Crippen molar-refractivity contribution < 1.29 is 9.59 Å². The van der Waals surface area contributed by atoms with Gasteiger partial charge in [-0.05, 0) is 47.9 Å². The van der Waals surface area contributed by atoms with Crippen LogP contribution in [0.1, 0.15) is 23.2 Å². The molecule has 28 heavy (non-hydrogen) atoms. The van der Waals surface area contributed by atoms with Gasteiger partial charge in [-0.1, -0.05) is 48.5 Å². The summed E-state index contributed by atoms with van der Waals surface area (Å²) in [6.07, 6.45) is 1.51. The zero-order chi connectivity index (χ0) is 19.3. The van der Waals surface area contributed by atoms with Crippen molar-refractivity contribution in [2.45, 2.75) is 18.9 Å². The molecule has 5 heteroatoms. The molecule has 0 radical (unpaired) electrons. The number of nitrogens with one attached hydrogen (secondary N) is 2. The Kier molecular flexibility index (Phi) is 5.24. The van der Waals surface area contributed by atoms with E-state index in [4.69, 9.17) is 0 Å². The normalized spacial score (nSPS) is 14.6. The maximum absolute atomic E-state index is 12.6. The Labute approximate surface area is 164 Å². The van der Waals surface area contributed by atoms with Crippen LogP contribution in [-0.2, 0) is 0 Å². The molecule has 1 aliphatic heterocycles. The lowest BCUT2D eigenvalue weighted by atomic mass is 10.0.